The Morgan fingerprint density at radius 3 is 2.55 bits per heavy atom. The first-order valence-corrected chi connectivity index (χ1v) is 12.3. The van der Waals surface area contributed by atoms with Crippen molar-refractivity contribution in [1.82, 2.24) is 9.88 Å². The van der Waals surface area contributed by atoms with Crippen molar-refractivity contribution < 1.29 is 13.2 Å². The molecule has 2 aromatic carbocycles. The number of aromatic nitrogens is 1. The molecular formula is C20H20ClN3O3S2. The molecular weight excluding hydrogens is 430 g/mol. The van der Waals surface area contributed by atoms with Gasteiger partial charge in [-0.2, -0.15) is 0 Å². The second-order valence-electron chi connectivity index (χ2n) is 7.03. The van der Waals surface area contributed by atoms with Crippen molar-refractivity contribution in [3.63, 3.8) is 0 Å². The fourth-order valence-corrected chi connectivity index (χ4v) is 5.30. The average Bonchev–Trinajstić information content (AvgIpc) is 3.12. The molecule has 2 heterocycles. The van der Waals surface area contributed by atoms with Crippen molar-refractivity contribution in [2.45, 2.75) is 11.3 Å². The third-order valence-corrected chi connectivity index (χ3v) is 7.54. The van der Waals surface area contributed by atoms with Crippen LogP contribution < -0.4 is 4.90 Å². The minimum Gasteiger partial charge on any atom is -0.345 e. The van der Waals surface area contributed by atoms with Crippen LogP contribution in [0.5, 0.6) is 0 Å². The van der Waals surface area contributed by atoms with Crippen LogP contribution in [0.2, 0.25) is 5.02 Å². The predicted molar refractivity (Wildman–Crippen MR) is 117 cm³/mol. The van der Waals surface area contributed by atoms with E-state index in [1.54, 1.807) is 24.3 Å². The number of carbonyl (C=O) groups excluding carboxylic acids is 1. The smallest absolute Gasteiger partial charge is 0.227 e. The maximum absolute atomic E-state index is 12.6. The first-order valence-electron chi connectivity index (χ1n) is 9.18. The van der Waals surface area contributed by atoms with Crippen LogP contribution in [-0.2, 0) is 21.1 Å². The van der Waals surface area contributed by atoms with Gasteiger partial charge in [0.05, 0.1) is 21.5 Å². The highest BCUT2D eigenvalue weighted by molar-refractivity contribution is 7.90. The number of halogens is 1. The standard InChI is InChI=1S/C20H20ClN3O3S2/c1-29(26,27)15-6-7-17-18(13-15)28-20(22-17)24-10-8-23(9-11-24)19(25)12-14-4-2-3-5-16(14)21/h2-7,13H,8-12H2,1H3. The molecule has 1 aromatic heterocycles. The highest BCUT2D eigenvalue weighted by Crippen LogP contribution is 2.31. The van der Waals surface area contributed by atoms with E-state index in [1.807, 2.05) is 23.1 Å². The second-order valence-corrected chi connectivity index (χ2v) is 10.5. The highest BCUT2D eigenvalue weighted by atomic mass is 35.5. The molecule has 0 spiro atoms. The third kappa shape index (κ3) is 4.39. The molecule has 3 aromatic rings. The second kappa shape index (κ2) is 7.93. The number of nitrogens with zero attached hydrogens (tertiary/aromatic N) is 3. The molecule has 152 valence electrons. The third-order valence-electron chi connectivity index (χ3n) is 4.98. The predicted octanol–water partition coefficient (Wildman–Crippen LogP) is 3.24. The molecule has 4 rings (SSSR count). The molecule has 6 nitrogen and oxygen atoms in total. The van der Waals surface area contributed by atoms with E-state index in [2.05, 4.69) is 9.88 Å². The van der Waals surface area contributed by atoms with Gasteiger partial charge in [-0.25, -0.2) is 13.4 Å². The monoisotopic (exact) mass is 449 g/mol. The van der Waals surface area contributed by atoms with E-state index in [0.717, 1.165) is 20.9 Å². The Hall–Kier alpha value is -2.16. The molecule has 0 unspecified atom stereocenters. The first-order chi connectivity index (χ1) is 13.8. The SMILES string of the molecule is CS(=O)(=O)c1ccc2nc(N3CCN(C(=O)Cc4ccccc4Cl)CC3)sc2c1. The normalized spacial score (nSPS) is 15.1. The quantitative estimate of drug-likeness (QED) is 0.611. The zero-order valence-electron chi connectivity index (χ0n) is 15.8. The van der Waals surface area contributed by atoms with Gasteiger partial charge in [0.15, 0.2) is 15.0 Å². The molecule has 1 aliphatic heterocycles. The van der Waals surface area contributed by atoms with Gasteiger partial charge in [0, 0.05) is 37.5 Å². The summed E-state index contributed by atoms with van der Waals surface area (Å²) in [4.78, 5) is 21.6. The topological polar surface area (TPSA) is 70.6 Å². The number of rotatable bonds is 4. The van der Waals surface area contributed by atoms with Crippen LogP contribution in [0.15, 0.2) is 47.4 Å². The zero-order valence-corrected chi connectivity index (χ0v) is 18.2. The lowest BCUT2D eigenvalue weighted by atomic mass is 10.1. The Balaban J connectivity index is 1.43. The fraction of sp³-hybridized carbons (Fsp3) is 0.300. The van der Waals surface area contributed by atoms with Crippen molar-refractivity contribution in [2.24, 2.45) is 0 Å². The molecule has 1 aliphatic rings. The Bertz CT molecular complexity index is 1170. The van der Waals surface area contributed by atoms with E-state index >= 15 is 0 Å². The van der Waals surface area contributed by atoms with Gasteiger partial charge in [0.2, 0.25) is 5.91 Å². The summed E-state index contributed by atoms with van der Waals surface area (Å²) in [6.45, 7) is 2.61. The fourth-order valence-electron chi connectivity index (χ4n) is 3.32. The van der Waals surface area contributed by atoms with Crippen LogP contribution in [0.4, 0.5) is 5.13 Å². The Morgan fingerprint density at radius 2 is 1.86 bits per heavy atom. The number of fused-ring (bicyclic) bond motifs is 1. The van der Waals surface area contributed by atoms with Crippen LogP contribution in [0.25, 0.3) is 10.2 Å². The van der Waals surface area contributed by atoms with E-state index < -0.39 is 9.84 Å². The number of sulfone groups is 1. The molecule has 0 N–H and O–H groups in total. The molecule has 1 fully saturated rings. The lowest BCUT2D eigenvalue weighted by Crippen LogP contribution is -2.49. The van der Waals surface area contributed by atoms with Gasteiger partial charge in [-0.05, 0) is 29.8 Å². The summed E-state index contributed by atoms with van der Waals surface area (Å²) in [5.41, 5.74) is 1.63. The van der Waals surface area contributed by atoms with Gasteiger partial charge < -0.3 is 9.80 Å². The van der Waals surface area contributed by atoms with Gasteiger partial charge in [-0.3, -0.25) is 4.79 Å². The first kappa shape index (κ1) is 20.1. The lowest BCUT2D eigenvalue weighted by molar-refractivity contribution is -0.130. The van der Waals surface area contributed by atoms with Gasteiger partial charge in [0.25, 0.3) is 0 Å². The molecule has 29 heavy (non-hydrogen) atoms. The number of benzene rings is 2. The van der Waals surface area contributed by atoms with E-state index in [4.69, 9.17) is 11.6 Å². The van der Waals surface area contributed by atoms with E-state index in [0.29, 0.717) is 42.5 Å². The number of hydrogen-bond donors (Lipinski definition) is 0. The van der Waals surface area contributed by atoms with Crippen molar-refractivity contribution in [3.05, 3.63) is 53.1 Å². The van der Waals surface area contributed by atoms with Gasteiger partial charge in [-0.1, -0.05) is 41.1 Å². The molecule has 0 saturated carbocycles. The number of piperazine rings is 1. The average molecular weight is 450 g/mol. The van der Waals surface area contributed by atoms with E-state index in [9.17, 15) is 13.2 Å². The molecule has 9 heteroatoms. The Labute approximate surface area is 178 Å². The molecule has 1 saturated heterocycles. The summed E-state index contributed by atoms with van der Waals surface area (Å²) in [5, 5.41) is 1.46. The van der Waals surface area contributed by atoms with Crippen LogP contribution in [0.3, 0.4) is 0 Å². The Morgan fingerprint density at radius 1 is 1.14 bits per heavy atom. The number of carbonyl (C=O) groups is 1. The van der Waals surface area contributed by atoms with Gasteiger partial charge in [-0.15, -0.1) is 0 Å². The van der Waals surface area contributed by atoms with Crippen LogP contribution in [0, 0.1) is 0 Å². The molecule has 0 aliphatic carbocycles. The summed E-state index contributed by atoms with van der Waals surface area (Å²) in [6.07, 6.45) is 1.50. The lowest BCUT2D eigenvalue weighted by Gasteiger charge is -2.34. The maximum Gasteiger partial charge on any atom is 0.227 e. The molecule has 0 radical (unpaired) electrons. The number of anilines is 1. The summed E-state index contributed by atoms with van der Waals surface area (Å²) >= 11 is 7.64. The molecule has 0 bridgehead atoms. The summed E-state index contributed by atoms with van der Waals surface area (Å²) in [7, 11) is -3.24. The maximum atomic E-state index is 12.6. The minimum absolute atomic E-state index is 0.0693. The molecule has 0 atom stereocenters. The summed E-state index contributed by atoms with van der Waals surface area (Å²) in [6, 6.07) is 12.4. The van der Waals surface area contributed by atoms with Crippen molar-refractivity contribution in [3.8, 4) is 0 Å². The van der Waals surface area contributed by atoms with Crippen LogP contribution in [-0.4, -0.2) is 56.6 Å². The van der Waals surface area contributed by atoms with E-state index in [1.165, 1.54) is 17.6 Å². The summed E-state index contributed by atoms with van der Waals surface area (Å²) in [5.74, 6) is 0.0693. The van der Waals surface area contributed by atoms with Crippen molar-refractivity contribution in [2.75, 3.05) is 37.3 Å². The van der Waals surface area contributed by atoms with Crippen LogP contribution >= 0.6 is 22.9 Å². The van der Waals surface area contributed by atoms with Crippen LogP contribution in [0.1, 0.15) is 5.56 Å². The van der Waals surface area contributed by atoms with Gasteiger partial charge in [0.1, 0.15) is 0 Å². The Kier molecular flexibility index (Phi) is 5.50. The molecule has 1 amide bonds. The largest absolute Gasteiger partial charge is 0.345 e. The highest BCUT2D eigenvalue weighted by Gasteiger charge is 2.24. The number of thiazole rings is 1. The summed E-state index contributed by atoms with van der Waals surface area (Å²) < 4.78 is 24.4. The minimum atomic E-state index is -3.24. The number of amides is 1. The van der Waals surface area contributed by atoms with Crippen molar-refractivity contribution in [1.29, 1.82) is 0 Å². The van der Waals surface area contributed by atoms with Crippen molar-refractivity contribution >= 4 is 54.0 Å². The van der Waals surface area contributed by atoms with E-state index in [-0.39, 0.29) is 5.91 Å². The van der Waals surface area contributed by atoms with Gasteiger partial charge >= 0.3 is 0 Å². The zero-order chi connectivity index (χ0) is 20.6. The number of hydrogen-bond acceptors (Lipinski definition) is 6.